The van der Waals surface area contributed by atoms with Crippen LogP contribution in [-0.2, 0) is 0 Å². The Hall–Kier alpha value is -0.290. The van der Waals surface area contributed by atoms with Gasteiger partial charge in [-0.05, 0) is 32.7 Å². The minimum Gasteiger partial charge on any atom is -0.382 e. The van der Waals surface area contributed by atoms with E-state index in [1.807, 2.05) is 6.92 Å². The first kappa shape index (κ1) is 11.8. The molecule has 2 nitrogen and oxygen atoms in total. The molecule has 0 spiro atoms. The SMILES string of the molecule is CC(C1CC1)N(C)CC(O)C(F)(F)F. The van der Waals surface area contributed by atoms with Crippen molar-refractivity contribution in [1.82, 2.24) is 4.90 Å². The molecular weight excluding hydrogens is 195 g/mol. The molecule has 1 saturated carbocycles. The maximum atomic E-state index is 12.0. The second-order valence-electron chi connectivity index (χ2n) is 4.08. The molecule has 0 aromatic rings. The van der Waals surface area contributed by atoms with Gasteiger partial charge in [-0.2, -0.15) is 13.2 Å². The fourth-order valence-corrected chi connectivity index (χ4v) is 1.48. The molecule has 1 aliphatic rings. The van der Waals surface area contributed by atoms with Crippen molar-refractivity contribution < 1.29 is 18.3 Å². The summed E-state index contributed by atoms with van der Waals surface area (Å²) in [5, 5.41) is 8.84. The van der Waals surface area contributed by atoms with E-state index in [2.05, 4.69) is 0 Å². The number of nitrogens with zero attached hydrogens (tertiary/aromatic N) is 1. The lowest BCUT2D eigenvalue weighted by Crippen LogP contribution is -2.43. The topological polar surface area (TPSA) is 23.5 Å². The average molecular weight is 211 g/mol. The van der Waals surface area contributed by atoms with E-state index in [1.165, 1.54) is 0 Å². The van der Waals surface area contributed by atoms with Gasteiger partial charge in [-0.1, -0.05) is 0 Å². The van der Waals surface area contributed by atoms with Crippen molar-refractivity contribution >= 4 is 0 Å². The molecule has 0 aromatic heterocycles. The lowest BCUT2D eigenvalue weighted by Gasteiger charge is -2.27. The quantitative estimate of drug-likeness (QED) is 0.764. The van der Waals surface area contributed by atoms with Crippen molar-refractivity contribution in [1.29, 1.82) is 0 Å². The van der Waals surface area contributed by atoms with Gasteiger partial charge in [0, 0.05) is 12.6 Å². The Bertz CT molecular complexity index is 191. The maximum absolute atomic E-state index is 12.0. The molecule has 5 heteroatoms. The average Bonchev–Trinajstić information content (AvgIpc) is 2.83. The van der Waals surface area contributed by atoms with E-state index in [9.17, 15) is 13.2 Å². The third kappa shape index (κ3) is 3.13. The minimum atomic E-state index is -4.50. The molecule has 0 heterocycles. The molecule has 1 aliphatic carbocycles. The zero-order chi connectivity index (χ0) is 10.9. The lowest BCUT2D eigenvalue weighted by molar-refractivity contribution is -0.208. The molecule has 0 amide bonds. The van der Waals surface area contributed by atoms with Crippen LogP contribution in [0.4, 0.5) is 13.2 Å². The Balaban J connectivity index is 2.35. The summed E-state index contributed by atoms with van der Waals surface area (Å²) in [6.45, 7) is 1.57. The number of rotatable bonds is 4. The largest absolute Gasteiger partial charge is 0.415 e. The molecule has 2 atom stereocenters. The predicted molar refractivity (Wildman–Crippen MR) is 46.9 cm³/mol. The van der Waals surface area contributed by atoms with E-state index in [4.69, 9.17) is 5.11 Å². The highest BCUT2D eigenvalue weighted by Crippen LogP contribution is 2.35. The molecule has 0 bridgehead atoms. The Labute approximate surface area is 81.7 Å². The number of alkyl halides is 3. The second kappa shape index (κ2) is 4.06. The third-order valence-electron chi connectivity index (χ3n) is 2.84. The Kier molecular flexibility index (Phi) is 3.42. The van der Waals surface area contributed by atoms with Crippen molar-refractivity contribution in [3.8, 4) is 0 Å². The van der Waals surface area contributed by atoms with Crippen LogP contribution in [0, 0.1) is 5.92 Å². The highest BCUT2D eigenvalue weighted by molar-refractivity contribution is 4.85. The van der Waals surface area contributed by atoms with E-state index in [-0.39, 0.29) is 12.6 Å². The highest BCUT2D eigenvalue weighted by Gasteiger charge is 2.40. The summed E-state index contributed by atoms with van der Waals surface area (Å²) < 4.78 is 36.0. The van der Waals surface area contributed by atoms with Crippen LogP contribution in [0.1, 0.15) is 19.8 Å². The van der Waals surface area contributed by atoms with Crippen LogP contribution in [0.2, 0.25) is 0 Å². The van der Waals surface area contributed by atoms with Crippen molar-refractivity contribution in [2.24, 2.45) is 5.92 Å². The summed E-state index contributed by atoms with van der Waals surface area (Å²) in [5.41, 5.74) is 0. The Morgan fingerprint density at radius 2 is 1.93 bits per heavy atom. The molecule has 0 aromatic carbocycles. The van der Waals surface area contributed by atoms with Crippen LogP contribution in [0.25, 0.3) is 0 Å². The molecule has 1 fully saturated rings. The standard InChI is InChI=1S/C9H16F3NO/c1-6(7-3-4-7)13(2)5-8(14)9(10,11)12/h6-8,14H,3-5H2,1-2H3. The predicted octanol–water partition coefficient (Wildman–Crippen LogP) is 1.64. The van der Waals surface area contributed by atoms with Crippen molar-refractivity contribution in [2.45, 2.75) is 38.1 Å². The van der Waals surface area contributed by atoms with E-state index < -0.39 is 12.3 Å². The van der Waals surface area contributed by atoms with Gasteiger partial charge < -0.3 is 10.0 Å². The van der Waals surface area contributed by atoms with Gasteiger partial charge in [-0.15, -0.1) is 0 Å². The third-order valence-corrected chi connectivity index (χ3v) is 2.84. The molecule has 1 rings (SSSR count). The molecule has 14 heavy (non-hydrogen) atoms. The summed E-state index contributed by atoms with van der Waals surface area (Å²) in [6.07, 6.45) is -4.55. The zero-order valence-corrected chi connectivity index (χ0v) is 8.38. The number of hydrogen-bond donors (Lipinski definition) is 1. The van der Waals surface area contributed by atoms with E-state index in [0.717, 1.165) is 12.8 Å². The van der Waals surface area contributed by atoms with Crippen LogP contribution in [-0.4, -0.2) is 41.9 Å². The number of aliphatic hydroxyl groups excluding tert-OH is 1. The van der Waals surface area contributed by atoms with Gasteiger partial charge in [-0.25, -0.2) is 0 Å². The van der Waals surface area contributed by atoms with Gasteiger partial charge in [0.2, 0.25) is 0 Å². The van der Waals surface area contributed by atoms with Crippen LogP contribution in [0.5, 0.6) is 0 Å². The van der Waals surface area contributed by atoms with Gasteiger partial charge in [0.15, 0.2) is 6.10 Å². The molecule has 0 saturated heterocycles. The number of hydrogen-bond acceptors (Lipinski definition) is 2. The highest BCUT2D eigenvalue weighted by atomic mass is 19.4. The molecule has 0 radical (unpaired) electrons. The summed E-state index contributed by atoms with van der Waals surface area (Å²) in [5.74, 6) is 0.514. The Morgan fingerprint density at radius 1 is 1.43 bits per heavy atom. The fraction of sp³-hybridized carbons (Fsp3) is 1.00. The van der Waals surface area contributed by atoms with Crippen molar-refractivity contribution in [3.05, 3.63) is 0 Å². The van der Waals surface area contributed by atoms with E-state index in [1.54, 1.807) is 11.9 Å². The first-order chi connectivity index (χ1) is 6.32. The molecule has 0 aliphatic heterocycles. The summed E-state index contributed by atoms with van der Waals surface area (Å²) in [6, 6.07) is 0.131. The fourth-order valence-electron chi connectivity index (χ4n) is 1.48. The zero-order valence-electron chi connectivity index (χ0n) is 8.38. The van der Waals surface area contributed by atoms with Gasteiger partial charge >= 0.3 is 6.18 Å². The van der Waals surface area contributed by atoms with Gasteiger partial charge in [0.1, 0.15) is 0 Å². The smallest absolute Gasteiger partial charge is 0.382 e. The second-order valence-corrected chi connectivity index (χ2v) is 4.08. The van der Waals surface area contributed by atoms with Gasteiger partial charge in [0.25, 0.3) is 0 Å². The van der Waals surface area contributed by atoms with E-state index >= 15 is 0 Å². The molecular formula is C9H16F3NO. The van der Waals surface area contributed by atoms with Gasteiger partial charge in [-0.3, -0.25) is 0 Å². The first-order valence-corrected chi connectivity index (χ1v) is 4.77. The lowest BCUT2D eigenvalue weighted by atomic mass is 10.2. The number of likely N-dealkylation sites (N-methyl/N-ethyl adjacent to an activating group) is 1. The summed E-state index contributed by atoms with van der Waals surface area (Å²) in [4.78, 5) is 1.58. The normalized spacial score (nSPS) is 22.5. The Morgan fingerprint density at radius 3 is 2.29 bits per heavy atom. The number of aliphatic hydroxyl groups is 1. The van der Waals surface area contributed by atoms with Crippen molar-refractivity contribution in [2.75, 3.05) is 13.6 Å². The summed E-state index contributed by atoms with van der Waals surface area (Å²) in [7, 11) is 1.62. The minimum absolute atomic E-state index is 0.131. The van der Waals surface area contributed by atoms with Crippen LogP contribution in [0.3, 0.4) is 0 Å². The van der Waals surface area contributed by atoms with E-state index in [0.29, 0.717) is 5.92 Å². The molecule has 2 unspecified atom stereocenters. The monoisotopic (exact) mass is 211 g/mol. The van der Waals surface area contributed by atoms with Crippen LogP contribution < -0.4 is 0 Å². The number of halogens is 3. The van der Waals surface area contributed by atoms with Crippen LogP contribution in [0.15, 0.2) is 0 Å². The van der Waals surface area contributed by atoms with Crippen molar-refractivity contribution in [3.63, 3.8) is 0 Å². The molecule has 84 valence electrons. The van der Waals surface area contributed by atoms with Crippen LogP contribution >= 0.6 is 0 Å². The maximum Gasteiger partial charge on any atom is 0.415 e. The summed E-state index contributed by atoms with van der Waals surface area (Å²) >= 11 is 0. The van der Waals surface area contributed by atoms with Gasteiger partial charge in [0.05, 0.1) is 0 Å². The first-order valence-electron chi connectivity index (χ1n) is 4.77. The molecule has 1 N–H and O–H groups in total.